The van der Waals surface area contributed by atoms with Crippen LogP contribution < -0.4 is 0 Å². The molecule has 0 saturated heterocycles. The Morgan fingerprint density at radius 2 is 1.95 bits per heavy atom. The molecule has 0 fully saturated rings. The fourth-order valence-electron chi connectivity index (χ4n) is 2.22. The van der Waals surface area contributed by atoms with Gasteiger partial charge in [0.1, 0.15) is 0 Å². The number of hydrogen-bond acceptors (Lipinski definition) is 2. The van der Waals surface area contributed by atoms with Crippen molar-refractivity contribution < 1.29 is 18.1 Å². The Bertz CT molecular complexity index is 503. The van der Waals surface area contributed by atoms with Gasteiger partial charge in [0.15, 0.2) is 0 Å². The van der Waals surface area contributed by atoms with Crippen LogP contribution in [0.2, 0.25) is 5.02 Å². The molecule has 0 spiro atoms. The molecule has 1 rings (SSSR count). The molecule has 0 heterocycles. The summed E-state index contributed by atoms with van der Waals surface area (Å²) in [7, 11) is 0. The third kappa shape index (κ3) is 3.62. The van der Waals surface area contributed by atoms with E-state index in [9.17, 15) is 23.3 Å². The molecule has 7 heteroatoms. The van der Waals surface area contributed by atoms with Crippen LogP contribution in [0.25, 0.3) is 0 Å². The standard InChI is InChI=1S/C13H15ClF3NO2/c1-3-5-8(4-2)12-10(14)6-9(13(15,16)17)7-11(12)18(19)20/h6-8H,3-5H2,1-2H3. The lowest BCUT2D eigenvalue weighted by atomic mass is 9.90. The van der Waals surface area contributed by atoms with Gasteiger partial charge in [0.05, 0.1) is 21.1 Å². The largest absolute Gasteiger partial charge is 0.416 e. The molecule has 1 aromatic carbocycles. The summed E-state index contributed by atoms with van der Waals surface area (Å²) in [4.78, 5) is 10.3. The SMILES string of the molecule is CCCC(CC)c1c(Cl)cc(C(F)(F)F)cc1[N+](=O)[O-]. The van der Waals surface area contributed by atoms with Gasteiger partial charge in [0.2, 0.25) is 0 Å². The summed E-state index contributed by atoms with van der Waals surface area (Å²) in [6.45, 7) is 3.74. The fourth-order valence-corrected chi connectivity index (χ4v) is 2.59. The number of alkyl halides is 3. The molecule has 0 aliphatic carbocycles. The van der Waals surface area contributed by atoms with E-state index in [4.69, 9.17) is 11.6 Å². The average molecular weight is 310 g/mol. The first kappa shape index (κ1) is 16.8. The quantitative estimate of drug-likeness (QED) is 0.528. The van der Waals surface area contributed by atoms with Crippen LogP contribution in [-0.4, -0.2) is 4.92 Å². The highest BCUT2D eigenvalue weighted by atomic mass is 35.5. The van der Waals surface area contributed by atoms with Gasteiger partial charge in [-0.25, -0.2) is 0 Å². The fraction of sp³-hybridized carbons (Fsp3) is 0.538. The molecule has 20 heavy (non-hydrogen) atoms. The highest BCUT2D eigenvalue weighted by Crippen LogP contribution is 2.42. The summed E-state index contributed by atoms with van der Waals surface area (Å²) in [5, 5.41) is 10.9. The van der Waals surface area contributed by atoms with Crippen LogP contribution in [0.4, 0.5) is 18.9 Å². The first-order valence-corrected chi connectivity index (χ1v) is 6.65. The van der Waals surface area contributed by atoms with E-state index in [1.807, 2.05) is 13.8 Å². The summed E-state index contributed by atoms with van der Waals surface area (Å²) in [5.41, 5.74) is -1.44. The van der Waals surface area contributed by atoms with Gasteiger partial charge in [0, 0.05) is 6.07 Å². The third-order valence-electron chi connectivity index (χ3n) is 3.17. The molecule has 0 amide bonds. The van der Waals surface area contributed by atoms with Gasteiger partial charge in [-0.05, 0) is 24.8 Å². The zero-order valence-corrected chi connectivity index (χ0v) is 11.9. The summed E-state index contributed by atoms with van der Waals surface area (Å²) in [5.74, 6) is -0.213. The van der Waals surface area contributed by atoms with E-state index in [2.05, 4.69) is 0 Å². The first-order chi connectivity index (χ1) is 9.22. The molecule has 1 unspecified atom stereocenters. The van der Waals surface area contributed by atoms with E-state index < -0.39 is 22.4 Å². The Kier molecular flexibility index (Phi) is 5.39. The number of nitro benzene ring substituents is 1. The maximum absolute atomic E-state index is 12.7. The summed E-state index contributed by atoms with van der Waals surface area (Å²) in [6, 6.07) is 1.34. The maximum atomic E-state index is 12.7. The second-order valence-corrected chi connectivity index (χ2v) is 4.95. The van der Waals surface area contributed by atoms with Gasteiger partial charge in [-0.2, -0.15) is 13.2 Å². The normalized spacial score (nSPS) is 13.3. The number of rotatable bonds is 5. The van der Waals surface area contributed by atoms with Crippen LogP contribution >= 0.6 is 11.6 Å². The minimum absolute atomic E-state index is 0.188. The van der Waals surface area contributed by atoms with Crippen molar-refractivity contribution in [1.29, 1.82) is 0 Å². The van der Waals surface area contributed by atoms with Crippen molar-refractivity contribution in [2.24, 2.45) is 0 Å². The lowest BCUT2D eigenvalue weighted by Crippen LogP contribution is -2.09. The molecule has 1 aromatic rings. The predicted molar refractivity (Wildman–Crippen MR) is 71.0 cm³/mol. The van der Waals surface area contributed by atoms with Crippen LogP contribution in [0, 0.1) is 10.1 Å². The summed E-state index contributed by atoms with van der Waals surface area (Å²) in [6.07, 6.45) is -2.66. The highest BCUT2D eigenvalue weighted by molar-refractivity contribution is 6.31. The van der Waals surface area contributed by atoms with E-state index in [0.29, 0.717) is 18.9 Å². The first-order valence-electron chi connectivity index (χ1n) is 6.27. The van der Waals surface area contributed by atoms with Crippen molar-refractivity contribution >= 4 is 17.3 Å². The van der Waals surface area contributed by atoms with Crippen LogP contribution in [0.15, 0.2) is 12.1 Å². The Labute approximate surface area is 119 Å². The minimum Gasteiger partial charge on any atom is -0.258 e. The molecule has 0 radical (unpaired) electrons. The van der Waals surface area contributed by atoms with Crippen LogP contribution in [0.1, 0.15) is 50.2 Å². The summed E-state index contributed by atoms with van der Waals surface area (Å²) < 4.78 is 38.1. The maximum Gasteiger partial charge on any atom is 0.416 e. The molecule has 112 valence electrons. The van der Waals surface area contributed by atoms with Gasteiger partial charge in [-0.1, -0.05) is 31.9 Å². The molecule has 0 N–H and O–H groups in total. The lowest BCUT2D eigenvalue weighted by molar-refractivity contribution is -0.386. The van der Waals surface area contributed by atoms with Crippen LogP contribution in [0.3, 0.4) is 0 Å². The van der Waals surface area contributed by atoms with Crippen molar-refractivity contribution in [3.8, 4) is 0 Å². The van der Waals surface area contributed by atoms with Crippen molar-refractivity contribution in [3.63, 3.8) is 0 Å². The van der Waals surface area contributed by atoms with Gasteiger partial charge in [-0.15, -0.1) is 0 Å². The molecule has 0 bridgehead atoms. The molecule has 3 nitrogen and oxygen atoms in total. The molecule has 0 saturated carbocycles. The Morgan fingerprint density at radius 1 is 1.35 bits per heavy atom. The molecule has 0 aliphatic heterocycles. The van der Waals surface area contributed by atoms with Crippen LogP contribution in [-0.2, 0) is 6.18 Å². The number of nitrogens with zero attached hydrogens (tertiary/aromatic N) is 1. The van der Waals surface area contributed by atoms with E-state index in [0.717, 1.165) is 12.5 Å². The van der Waals surface area contributed by atoms with Crippen molar-refractivity contribution in [3.05, 3.63) is 38.4 Å². The molecule has 0 aliphatic rings. The Morgan fingerprint density at radius 3 is 2.35 bits per heavy atom. The number of halogens is 4. The topological polar surface area (TPSA) is 43.1 Å². The van der Waals surface area contributed by atoms with E-state index in [-0.39, 0.29) is 16.5 Å². The van der Waals surface area contributed by atoms with E-state index >= 15 is 0 Å². The smallest absolute Gasteiger partial charge is 0.258 e. The van der Waals surface area contributed by atoms with Crippen molar-refractivity contribution in [1.82, 2.24) is 0 Å². The lowest BCUT2D eigenvalue weighted by Gasteiger charge is -2.17. The van der Waals surface area contributed by atoms with Gasteiger partial charge >= 0.3 is 6.18 Å². The number of benzene rings is 1. The number of nitro groups is 1. The van der Waals surface area contributed by atoms with Gasteiger partial charge < -0.3 is 0 Å². The second kappa shape index (κ2) is 6.43. The Hall–Kier alpha value is -1.30. The van der Waals surface area contributed by atoms with Crippen molar-refractivity contribution in [2.75, 3.05) is 0 Å². The Balaban J connectivity index is 3.48. The predicted octanol–water partition coefficient (Wildman–Crippen LogP) is 5.56. The zero-order chi connectivity index (χ0) is 15.5. The minimum atomic E-state index is -4.65. The molecular weight excluding hydrogens is 295 g/mol. The molecule has 1 atom stereocenters. The highest BCUT2D eigenvalue weighted by Gasteiger charge is 2.35. The van der Waals surface area contributed by atoms with Gasteiger partial charge in [0.25, 0.3) is 5.69 Å². The van der Waals surface area contributed by atoms with Crippen LogP contribution in [0.5, 0.6) is 0 Å². The third-order valence-corrected chi connectivity index (χ3v) is 3.48. The number of hydrogen-bond donors (Lipinski definition) is 0. The van der Waals surface area contributed by atoms with Gasteiger partial charge in [-0.3, -0.25) is 10.1 Å². The second-order valence-electron chi connectivity index (χ2n) is 4.54. The summed E-state index contributed by atoms with van der Waals surface area (Å²) >= 11 is 5.89. The molecule has 0 aromatic heterocycles. The average Bonchev–Trinajstić information content (AvgIpc) is 2.34. The van der Waals surface area contributed by atoms with E-state index in [1.54, 1.807) is 0 Å². The molecular formula is C13H15ClF3NO2. The van der Waals surface area contributed by atoms with Crippen molar-refractivity contribution in [2.45, 2.75) is 45.2 Å². The monoisotopic (exact) mass is 309 g/mol. The zero-order valence-electron chi connectivity index (χ0n) is 11.1. The van der Waals surface area contributed by atoms with E-state index in [1.165, 1.54) is 0 Å².